The van der Waals surface area contributed by atoms with Crippen LogP contribution in [0.3, 0.4) is 0 Å². The molecular formula is C25H30N2O2. The van der Waals surface area contributed by atoms with Gasteiger partial charge in [-0.2, -0.15) is 0 Å². The molecule has 152 valence electrons. The summed E-state index contributed by atoms with van der Waals surface area (Å²) in [6.45, 7) is 14.8. The van der Waals surface area contributed by atoms with Gasteiger partial charge in [0.25, 0.3) is 0 Å². The zero-order valence-corrected chi connectivity index (χ0v) is 18.5. The number of hydrogen-bond donors (Lipinski definition) is 0. The molecule has 4 rings (SSSR count). The van der Waals surface area contributed by atoms with E-state index in [2.05, 4.69) is 63.9 Å². The van der Waals surface area contributed by atoms with Crippen molar-refractivity contribution in [3.05, 3.63) is 58.1 Å². The lowest BCUT2D eigenvalue weighted by atomic mass is 9.97. The molecule has 4 nitrogen and oxygen atoms in total. The van der Waals surface area contributed by atoms with Crippen molar-refractivity contribution in [3.63, 3.8) is 0 Å². The molecule has 0 aromatic heterocycles. The minimum atomic E-state index is 0.132. The van der Waals surface area contributed by atoms with Gasteiger partial charge >= 0.3 is 0 Å². The van der Waals surface area contributed by atoms with Crippen LogP contribution < -0.4 is 9.47 Å². The SMILES string of the molecule is CCC.Cc1cc2ccccc2c2c1OCOc1c(C)c(C)c(C)c(C)c1N=N2. The smallest absolute Gasteiger partial charge is 0.231 e. The molecule has 0 amide bonds. The van der Waals surface area contributed by atoms with Gasteiger partial charge in [-0.05, 0) is 73.9 Å². The van der Waals surface area contributed by atoms with E-state index in [0.717, 1.165) is 50.3 Å². The first-order valence-electron chi connectivity index (χ1n) is 10.2. The molecule has 3 aromatic carbocycles. The number of azo groups is 1. The maximum atomic E-state index is 6.00. The van der Waals surface area contributed by atoms with Gasteiger partial charge in [0.15, 0.2) is 11.5 Å². The molecule has 0 aliphatic carbocycles. The maximum Gasteiger partial charge on any atom is 0.231 e. The Morgan fingerprint density at radius 2 is 1.34 bits per heavy atom. The monoisotopic (exact) mass is 390 g/mol. The minimum Gasteiger partial charge on any atom is -0.455 e. The Labute approximate surface area is 173 Å². The van der Waals surface area contributed by atoms with Gasteiger partial charge in [0.1, 0.15) is 11.4 Å². The first-order chi connectivity index (χ1) is 13.9. The lowest BCUT2D eigenvalue weighted by Crippen LogP contribution is -2.08. The normalized spacial score (nSPS) is 12.4. The summed E-state index contributed by atoms with van der Waals surface area (Å²) in [4.78, 5) is 0. The van der Waals surface area contributed by atoms with Gasteiger partial charge in [0, 0.05) is 5.39 Å². The highest BCUT2D eigenvalue weighted by Crippen LogP contribution is 2.44. The molecule has 0 saturated carbocycles. The number of hydrogen-bond acceptors (Lipinski definition) is 4. The summed E-state index contributed by atoms with van der Waals surface area (Å²) < 4.78 is 12.0. The van der Waals surface area contributed by atoms with Crippen molar-refractivity contribution in [1.82, 2.24) is 0 Å². The fraction of sp³-hybridized carbons (Fsp3) is 0.360. The first-order valence-corrected chi connectivity index (χ1v) is 10.2. The molecule has 1 heterocycles. The van der Waals surface area contributed by atoms with Gasteiger partial charge < -0.3 is 9.47 Å². The van der Waals surface area contributed by atoms with E-state index in [1.807, 2.05) is 25.1 Å². The molecule has 4 heteroatoms. The van der Waals surface area contributed by atoms with Crippen LogP contribution in [-0.4, -0.2) is 6.79 Å². The van der Waals surface area contributed by atoms with Crippen molar-refractivity contribution in [2.45, 2.75) is 54.9 Å². The first kappa shape index (κ1) is 20.8. The third kappa shape index (κ3) is 3.84. The second-order valence-corrected chi connectivity index (χ2v) is 7.58. The highest BCUT2D eigenvalue weighted by atomic mass is 16.7. The fourth-order valence-electron chi connectivity index (χ4n) is 3.53. The van der Waals surface area contributed by atoms with E-state index >= 15 is 0 Å². The summed E-state index contributed by atoms with van der Waals surface area (Å²) in [7, 11) is 0. The summed E-state index contributed by atoms with van der Waals surface area (Å²) in [6.07, 6.45) is 1.25. The molecule has 0 unspecified atom stereocenters. The van der Waals surface area contributed by atoms with Crippen LogP contribution in [0.25, 0.3) is 10.8 Å². The van der Waals surface area contributed by atoms with Crippen molar-refractivity contribution in [2.75, 3.05) is 6.79 Å². The van der Waals surface area contributed by atoms with Crippen LogP contribution in [0.2, 0.25) is 0 Å². The Hall–Kier alpha value is -2.88. The molecule has 1 aliphatic rings. The van der Waals surface area contributed by atoms with Crippen LogP contribution in [0.15, 0.2) is 40.6 Å². The van der Waals surface area contributed by atoms with Gasteiger partial charge in [-0.25, -0.2) is 0 Å². The van der Waals surface area contributed by atoms with E-state index in [1.54, 1.807) is 0 Å². The van der Waals surface area contributed by atoms with Crippen molar-refractivity contribution >= 4 is 22.1 Å². The molecule has 0 atom stereocenters. The molecule has 0 bridgehead atoms. The van der Waals surface area contributed by atoms with Crippen LogP contribution in [0, 0.1) is 34.6 Å². The third-order valence-corrected chi connectivity index (χ3v) is 5.42. The van der Waals surface area contributed by atoms with E-state index in [-0.39, 0.29) is 6.79 Å². The molecule has 0 spiro atoms. The standard InChI is InChI=1S/C22H22N2O2.C3H8/c1-12-10-17-8-6-7-9-18(17)20-21(12)25-11-26-22-16(5)14(3)13(2)15(4)19(22)23-24-20;1-3-2/h6-10H,11H2,1-5H3;3H2,1-2H3. The Morgan fingerprint density at radius 1 is 0.759 bits per heavy atom. The zero-order chi connectivity index (χ0) is 21.1. The Morgan fingerprint density at radius 3 is 2.07 bits per heavy atom. The van der Waals surface area contributed by atoms with Crippen LogP contribution in [0.4, 0.5) is 11.4 Å². The molecule has 0 N–H and O–H groups in total. The second-order valence-electron chi connectivity index (χ2n) is 7.58. The van der Waals surface area contributed by atoms with E-state index < -0.39 is 0 Å². The van der Waals surface area contributed by atoms with Gasteiger partial charge in [0.2, 0.25) is 6.79 Å². The number of rotatable bonds is 0. The average Bonchev–Trinajstić information content (AvgIpc) is 2.80. The summed E-state index contributed by atoms with van der Waals surface area (Å²) in [5.74, 6) is 1.48. The molecule has 0 radical (unpaired) electrons. The molecule has 1 aliphatic heterocycles. The van der Waals surface area contributed by atoms with Crippen LogP contribution in [0.1, 0.15) is 48.1 Å². The predicted octanol–water partition coefficient (Wildman–Crippen LogP) is 7.94. The summed E-state index contributed by atoms with van der Waals surface area (Å²) in [6, 6.07) is 10.3. The number of fused-ring (bicyclic) bond motifs is 4. The number of ether oxygens (including phenoxy) is 2. The zero-order valence-electron chi connectivity index (χ0n) is 18.5. The molecule has 0 fully saturated rings. The van der Waals surface area contributed by atoms with E-state index in [1.165, 1.54) is 17.5 Å². The molecule has 29 heavy (non-hydrogen) atoms. The van der Waals surface area contributed by atoms with Crippen LogP contribution in [0.5, 0.6) is 11.5 Å². The Kier molecular flexibility index (Phi) is 6.21. The quantitative estimate of drug-likeness (QED) is 0.391. The van der Waals surface area contributed by atoms with Crippen molar-refractivity contribution in [3.8, 4) is 11.5 Å². The Balaban J connectivity index is 0.000000755. The minimum absolute atomic E-state index is 0.132. The topological polar surface area (TPSA) is 43.2 Å². The average molecular weight is 391 g/mol. The van der Waals surface area contributed by atoms with E-state index in [0.29, 0.717) is 0 Å². The fourth-order valence-corrected chi connectivity index (χ4v) is 3.53. The van der Waals surface area contributed by atoms with E-state index in [9.17, 15) is 0 Å². The lowest BCUT2D eigenvalue weighted by Gasteiger charge is -2.17. The highest BCUT2D eigenvalue weighted by Gasteiger charge is 2.20. The van der Waals surface area contributed by atoms with Crippen molar-refractivity contribution in [1.29, 1.82) is 0 Å². The van der Waals surface area contributed by atoms with Gasteiger partial charge in [-0.1, -0.05) is 44.5 Å². The molecule has 3 aromatic rings. The maximum absolute atomic E-state index is 6.00. The van der Waals surface area contributed by atoms with Gasteiger partial charge in [-0.15, -0.1) is 10.2 Å². The Bertz CT molecular complexity index is 1080. The summed E-state index contributed by atoms with van der Waals surface area (Å²) in [5.41, 5.74) is 7.17. The highest BCUT2D eigenvalue weighted by molar-refractivity contribution is 5.96. The van der Waals surface area contributed by atoms with Crippen molar-refractivity contribution < 1.29 is 9.47 Å². The molecular weight excluding hydrogens is 360 g/mol. The second kappa shape index (κ2) is 8.64. The number of benzene rings is 3. The van der Waals surface area contributed by atoms with Gasteiger partial charge in [-0.3, -0.25) is 0 Å². The van der Waals surface area contributed by atoms with Crippen LogP contribution >= 0.6 is 0 Å². The largest absolute Gasteiger partial charge is 0.455 e. The molecule has 0 saturated heterocycles. The number of nitrogens with zero attached hydrogens (tertiary/aromatic N) is 2. The van der Waals surface area contributed by atoms with Crippen molar-refractivity contribution in [2.24, 2.45) is 10.2 Å². The van der Waals surface area contributed by atoms with Crippen LogP contribution in [-0.2, 0) is 0 Å². The summed E-state index contributed by atoms with van der Waals surface area (Å²) in [5, 5.41) is 11.4. The predicted molar refractivity (Wildman–Crippen MR) is 120 cm³/mol. The van der Waals surface area contributed by atoms with Gasteiger partial charge in [0.05, 0.1) is 0 Å². The number of aryl methyl sites for hydroxylation is 1. The van der Waals surface area contributed by atoms with E-state index in [4.69, 9.17) is 9.47 Å². The third-order valence-electron chi connectivity index (χ3n) is 5.42. The lowest BCUT2D eigenvalue weighted by molar-refractivity contribution is 0.120. The summed E-state index contributed by atoms with van der Waals surface area (Å²) >= 11 is 0.